The molecule has 0 radical (unpaired) electrons. The van der Waals surface area contributed by atoms with E-state index in [9.17, 15) is 4.79 Å². The van der Waals surface area contributed by atoms with E-state index in [1.807, 2.05) is 0 Å². The SMILES string of the molecule is CC12CCC3(CC1=CCC1C2=CC[C@]2(C)C(=O)CCC12)OCCO3. The van der Waals surface area contributed by atoms with E-state index in [2.05, 4.69) is 26.0 Å². The van der Waals surface area contributed by atoms with Crippen molar-refractivity contribution in [2.45, 2.75) is 64.6 Å². The van der Waals surface area contributed by atoms with Gasteiger partial charge in [-0.3, -0.25) is 4.79 Å². The Balaban J connectivity index is 1.51. The molecule has 3 nitrogen and oxygen atoms in total. The molecular formula is C21H28O3. The lowest BCUT2D eigenvalue weighted by atomic mass is 9.52. The second kappa shape index (κ2) is 4.82. The molecule has 1 heterocycles. The van der Waals surface area contributed by atoms with Crippen LogP contribution in [0.15, 0.2) is 23.3 Å². The Morgan fingerprint density at radius 2 is 1.92 bits per heavy atom. The van der Waals surface area contributed by atoms with E-state index in [0.29, 0.717) is 17.6 Å². The summed E-state index contributed by atoms with van der Waals surface area (Å²) in [7, 11) is 0. The van der Waals surface area contributed by atoms with E-state index in [1.165, 1.54) is 5.57 Å². The van der Waals surface area contributed by atoms with Crippen LogP contribution >= 0.6 is 0 Å². The molecule has 1 saturated heterocycles. The molecule has 3 unspecified atom stereocenters. The number of hydrogen-bond donors (Lipinski definition) is 0. The van der Waals surface area contributed by atoms with Gasteiger partial charge in [-0.1, -0.05) is 37.1 Å². The highest BCUT2D eigenvalue weighted by Crippen LogP contribution is 2.63. The number of rotatable bonds is 0. The smallest absolute Gasteiger partial charge is 0.172 e. The van der Waals surface area contributed by atoms with Crippen LogP contribution in [0.5, 0.6) is 0 Å². The van der Waals surface area contributed by atoms with Crippen LogP contribution in [-0.4, -0.2) is 24.8 Å². The summed E-state index contributed by atoms with van der Waals surface area (Å²) in [6.07, 6.45) is 11.9. The molecule has 5 aliphatic rings. The van der Waals surface area contributed by atoms with Crippen molar-refractivity contribution in [2.24, 2.45) is 22.7 Å². The van der Waals surface area contributed by atoms with E-state index >= 15 is 0 Å². The minimum absolute atomic E-state index is 0.0938. The lowest BCUT2D eigenvalue weighted by Gasteiger charge is -2.53. The zero-order chi connectivity index (χ0) is 16.6. The summed E-state index contributed by atoms with van der Waals surface area (Å²) in [5, 5.41) is 0. The van der Waals surface area contributed by atoms with Gasteiger partial charge in [0, 0.05) is 30.1 Å². The van der Waals surface area contributed by atoms with Crippen molar-refractivity contribution in [2.75, 3.05) is 13.2 Å². The average molecular weight is 328 g/mol. The number of allylic oxidation sites excluding steroid dienone is 3. The van der Waals surface area contributed by atoms with Gasteiger partial charge in [0.1, 0.15) is 5.78 Å². The van der Waals surface area contributed by atoms with Crippen LogP contribution in [-0.2, 0) is 14.3 Å². The summed E-state index contributed by atoms with van der Waals surface area (Å²) >= 11 is 0. The number of Topliss-reactive ketones (excluding diaryl/α,β-unsaturated/α-hetero) is 1. The molecule has 1 aliphatic heterocycles. The van der Waals surface area contributed by atoms with Gasteiger partial charge in [0.05, 0.1) is 13.2 Å². The van der Waals surface area contributed by atoms with Crippen molar-refractivity contribution in [1.82, 2.24) is 0 Å². The Morgan fingerprint density at radius 1 is 1.12 bits per heavy atom. The van der Waals surface area contributed by atoms with E-state index in [4.69, 9.17) is 9.47 Å². The minimum atomic E-state index is -0.342. The van der Waals surface area contributed by atoms with Crippen molar-refractivity contribution in [3.8, 4) is 0 Å². The van der Waals surface area contributed by atoms with Gasteiger partial charge in [0.25, 0.3) is 0 Å². The van der Waals surface area contributed by atoms with Crippen molar-refractivity contribution < 1.29 is 14.3 Å². The molecule has 24 heavy (non-hydrogen) atoms. The monoisotopic (exact) mass is 328 g/mol. The van der Waals surface area contributed by atoms with Crippen molar-refractivity contribution >= 4 is 5.78 Å². The highest BCUT2D eigenvalue weighted by Gasteiger charge is 2.57. The maximum Gasteiger partial charge on any atom is 0.172 e. The number of carbonyl (C=O) groups excluding carboxylic acids is 1. The Morgan fingerprint density at radius 3 is 2.71 bits per heavy atom. The molecule has 5 rings (SSSR count). The van der Waals surface area contributed by atoms with Gasteiger partial charge < -0.3 is 9.47 Å². The van der Waals surface area contributed by atoms with Gasteiger partial charge in [0.15, 0.2) is 5.79 Å². The largest absolute Gasteiger partial charge is 0.347 e. The lowest BCUT2D eigenvalue weighted by molar-refractivity contribution is -0.175. The van der Waals surface area contributed by atoms with Gasteiger partial charge in [-0.15, -0.1) is 0 Å². The molecule has 0 bridgehead atoms. The standard InChI is InChI=1S/C21H28O3/c1-19-9-10-21(23-11-12-24-21)13-14(19)3-4-15-16-5-6-18(22)20(16,2)8-7-17(15)19/h3,7,15-16H,4-6,8-13H2,1-2H3/t15?,16?,19?,20-/m0/s1. The molecule has 0 aromatic heterocycles. The fraction of sp³-hybridized carbons (Fsp3) is 0.762. The maximum absolute atomic E-state index is 12.5. The molecule has 1 spiro atoms. The Labute approximate surface area is 144 Å². The van der Waals surface area contributed by atoms with E-state index < -0.39 is 0 Å². The topological polar surface area (TPSA) is 35.5 Å². The first-order valence-corrected chi connectivity index (χ1v) is 9.68. The van der Waals surface area contributed by atoms with Crippen LogP contribution in [0.1, 0.15) is 58.8 Å². The number of ether oxygens (including phenoxy) is 2. The number of carbonyl (C=O) groups is 1. The van der Waals surface area contributed by atoms with Gasteiger partial charge in [-0.05, 0) is 37.5 Å². The third-order valence-electron chi connectivity index (χ3n) is 8.01. The molecular weight excluding hydrogens is 300 g/mol. The molecule has 4 aliphatic carbocycles. The molecule has 3 heteroatoms. The normalized spacial score (nSPS) is 46.2. The zero-order valence-corrected chi connectivity index (χ0v) is 14.9. The van der Waals surface area contributed by atoms with Gasteiger partial charge in [-0.2, -0.15) is 0 Å². The van der Waals surface area contributed by atoms with Gasteiger partial charge in [0.2, 0.25) is 0 Å². The van der Waals surface area contributed by atoms with E-state index in [-0.39, 0.29) is 16.6 Å². The van der Waals surface area contributed by atoms with Crippen LogP contribution in [0, 0.1) is 22.7 Å². The minimum Gasteiger partial charge on any atom is -0.347 e. The average Bonchev–Trinajstić information content (AvgIpc) is 3.14. The van der Waals surface area contributed by atoms with Crippen LogP contribution in [0.3, 0.4) is 0 Å². The summed E-state index contributed by atoms with van der Waals surface area (Å²) in [6.45, 7) is 6.12. The fourth-order valence-corrected chi connectivity index (χ4v) is 6.44. The molecule has 0 aromatic rings. The van der Waals surface area contributed by atoms with E-state index in [1.54, 1.807) is 5.57 Å². The molecule has 0 amide bonds. The quantitative estimate of drug-likeness (QED) is 0.626. The summed E-state index contributed by atoms with van der Waals surface area (Å²) in [4.78, 5) is 12.5. The first-order valence-electron chi connectivity index (χ1n) is 9.68. The van der Waals surface area contributed by atoms with E-state index in [0.717, 1.165) is 58.2 Å². The second-order valence-corrected chi connectivity index (χ2v) is 9.04. The van der Waals surface area contributed by atoms with Crippen molar-refractivity contribution in [3.63, 3.8) is 0 Å². The third-order valence-corrected chi connectivity index (χ3v) is 8.01. The van der Waals surface area contributed by atoms with Crippen LogP contribution in [0.2, 0.25) is 0 Å². The molecule has 0 aromatic carbocycles. The first kappa shape index (κ1) is 15.3. The summed E-state index contributed by atoms with van der Waals surface area (Å²) < 4.78 is 12.0. The van der Waals surface area contributed by atoms with Crippen LogP contribution in [0.25, 0.3) is 0 Å². The van der Waals surface area contributed by atoms with Gasteiger partial charge in [-0.25, -0.2) is 0 Å². The fourth-order valence-electron chi connectivity index (χ4n) is 6.44. The Kier molecular flexibility index (Phi) is 3.08. The summed E-state index contributed by atoms with van der Waals surface area (Å²) in [6, 6.07) is 0. The molecule has 0 N–H and O–H groups in total. The molecule has 130 valence electrons. The second-order valence-electron chi connectivity index (χ2n) is 9.04. The maximum atomic E-state index is 12.5. The predicted molar refractivity (Wildman–Crippen MR) is 91.3 cm³/mol. The Hall–Kier alpha value is -0.930. The van der Waals surface area contributed by atoms with Crippen molar-refractivity contribution in [3.05, 3.63) is 23.3 Å². The Bertz CT molecular complexity index is 654. The molecule has 2 saturated carbocycles. The number of hydrogen-bond acceptors (Lipinski definition) is 3. The first-order chi connectivity index (χ1) is 11.5. The lowest BCUT2D eigenvalue weighted by Crippen LogP contribution is -2.47. The summed E-state index contributed by atoms with van der Waals surface area (Å²) in [5.41, 5.74) is 3.22. The highest BCUT2D eigenvalue weighted by molar-refractivity contribution is 5.87. The molecule has 4 atom stereocenters. The number of ketones is 1. The van der Waals surface area contributed by atoms with Crippen LogP contribution < -0.4 is 0 Å². The predicted octanol–water partition coefficient (Wildman–Crippen LogP) is 4.18. The van der Waals surface area contributed by atoms with Crippen molar-refractivity contribution in [1.29, 1.82) is 0 Å². The van der Waals surface area contributed by atoms with Gasteiger partial charge >= 0.3 is 0 Å². The number of fused-ring (bicyclic) bond motifs is 5. The molecule has 3 fully saturated rings. The van der Waals surface area contributed by atoms with Crippen LogP contribution in [0.4, 0.5) is 0 Å². The zero-order valence-electron chi connectivity index (χ0n) is 14.9. The third kappa shape index (κ3) is 1.83. The summed E-state index contributed by atoms with van der Waals surface area (Å²) in [5.74, 6) is 1.28. The highest BCUT2D eigenvalue weighted by atomic mass is 16.7.